The molecule has 19 heavy (non-hydrogen) atoms. The lowest BCUT2D eigenvalue weighted by Crippen LogP contribution is -1.87. The SMILES string of the molecule is O=[N+]([O-])c1ccc2cn(-c3ccc(Cl)cc3)cc2c1. The van der Waals surface area contributed by atoms with Crippen LogP contribution in [0.3, 0.4) is 0 Å². The summed E-state index contributed by atoms with van der Waals surface area (Å²) in [6, 6.07) is 12.2. The Hall–Kier alpha value is -2.33. The van der Waals surface area contributed by atoms with E-state index < -0.39 is 0 Å². The molecule has 0 amide bonds. The topological polar surface area (TPSA) is 48.1 Å². The van der Waals surface area contributed by atoms with Crippen molar-refractivity contribution >= 4 is 28.1 Å². The largest absolute Gasteiger partial charge is 0.323 e. The molecule has 0 unspecified atom stereocenters. The van der Waals surface area contributed by atoms with Gasteiger partial charge in [-0.1, -0.05) is 11.6 Å². The van der Waals surface area contributed by atoms with Gasteiger partial charge in [-0.25, -0.2) is 0 Å². The molecule has 0 aliphatic heterocycles. The van der Waals surface area contributed by atoms with Gasteiger partial charge in [0, 0.05) is 46.0 Å². The van der Waals surface area contributed by atoms with Crippen molar-refractivity contribution in [2.24, 2.45) is 0 Å². The quantitative estimate of drug-likeness (QED) is 0.519. The third kappa shape index (κ3) is 2.18. The minimum Gasteiger partial charge on any atom is -0.323 e. The maximum atomic E-state index is 10.7. The summed E-state index contributed by atoms with van der Waals surface area (Å²) < 4.78 is 1.92. The minimum absolute atomic E-state index is 0.0985. The number of nitro benzene ring substituents is 1. The highest BCUT2D eigenvalue weighted by molar-refractivity contribution is 6.30. The van der Waals surface area contributed by atoms with E-state index in [1.165, 1.54) is 6.07 Å². The molecule has 4 nitrogen and oxygen atoms in total. The molecule has 0 saturated heterocycles. The van der Waals surface area contributed by atoms with Crippen molar-refractivity contribution in [3.05, 3.63) is 70.0 Å². The van der Waals surface area contributed by atoms with Gasteiger partial charge in [-0.2, -0.15) is 0 Å². The van der Waals surface area contributed by atoms with Gasteiger partial charge in [0.05, 0.1) is 4.92 Å². The first-order chi connectivity index (χ1) is 9.13. The molecule has 0 bridgehead atoms. The Morgan fingerprint density at radius 2 is 1.68 bits per heavy atom. The molecule has 0 spiro atoms. The zero-order valence-corrected chi connectivity index (χ0v) is 10.5. The zero-order valence-electron chi connectivity index (χ0n) is 9.79. The zero-order chi connectivity index (χ0) is 13.4. The number of nitro groups is 1. The van der Waals surface area contributed by atoms with Crippen LogP contribution in [0, 0.1) is 10.1 Å². The molecular formula is C14H9ClN2O2. The van der Waals surface area contributed by atoms with E-state index in [2.05, 4.69) is 0 Å². The summed E-state index contributed by atoms with van der Waals surface area (Å²) in [5, 5.41) is 13.2. The number of halogens is 1. The number of non-ortho nitro benzene ring substituents is 1. The molecule has 0 N–H and O–H groups in total. The lowest BCUT2D eigenvalue weighted by molar-refractivity contribution is -0.384. The monoisotopic (exact) mass is 272 g/mol. The third-order valence-electron chi connectivity index (χ3n) is 2.96. The molecule has 1 aromatic heterocycles. The van der Waals surface area contributed by atoms with Crippen LogP contribution in [0.25, 0.3) is 16.5 Å². The summed E-state index contributed by atoms with van der Waals surface area (Å²) in [5.41, 5.74) is 1.06. The second-order valence-electron chi connectivity index (χ2n) is 4.21. The number of hydrogen-bond acceptors (Lipinski definition) is 2. The second-order valence-corrected chi connectivity index (χ2v) is 4.65. The van der Waals surface area contributed by atoms with Crippen molar-refractivity contribution in [3.8, 4) is 5.69 Å². The fourth-order valence-electron chi connectivity index (χ4n) is 2.00. The molecule has 5 heteroatoms. The Bertz CT molecular complexity index is 763. The first kappa shape index (κ1) is 11.7. The standard InChI is InChI=1S/C14H9ClN2O2/c15-12-2-5-13(6-3-12)16-8-10-1-4-14(17(18)19)7-11(10)9-16/h1-9H. The first-order valence-corrected chi connectivity index (χ1v) is 6.03. The molecule has 0 saturated carbocycles. The highest BCUT2D eigenvalue weighted by Gasteiger charge is 2.08. The van der Waals surface area contributed by atoms with Crippen molar-refractivity contribution in [2.45, 2.75) is 0 Å². The number of aromatic nitrogens is 1. The van der Waals surface area contributed by atoms with Crippen LogP contribution in [-0.2, 0) is 0 Å². The summed E-state index contributed by atoms with van der Waals surface area (Å²) in [4.78, 5) is 10.4. The molecule has 2 aromatic carbocycles. The number of benzene rings is 2. The van der Waals surface area contributed by atoms with Gasteiger partial charge in [-0.3, -0.25) is 10.1 Å². The van der Waals surface area contributed by atoms with Crippen LogP contribution >= 0.6 is 11.6 Å². The van der Waals surface area contributed by atoms with E-state index in [0.717, 1.165) is 16.5 Å². The van der Waals surface area contributed by atoms with Crippen molar-refractivity contribution < 1.29 is 4.92 Å². The van der Waals surface area contributed by atoms with Crippen LogP contribution in [0.1, 0.15) is 0 Å². The van der Waals surface area contributed by atoms with E-state index in [9.17, 15) is 10.1 Å². The highest BCUT2D eigenvalue weighted by Crippen LogP contribution is 2.24. The molecular weight excluding hydrogens is 264 g/mol. The summed E-state index contributed by atoms with van der Waals surface area (Å²) in [5.74, 6) is 0. The lowest BCUT2D eigenvalue weighted by Gasteiger charge is -2.01. The molecule has 94 valence electrons. The number of fused-ring (bicyclic) bond motifs is 1. The van der Waals surface area contributed by atoms with Crippen LogP contribution < -0.4 is 0 Å². The maximum absolute atomic E-state index is 10.7. The Balaban J connectivity index is 2.11. The van der Waals surface area contributed by atoms with Gasteiger partial charge in [0.2, 0.25) is 0 Å². The molecule has 0 fully saturated rings. The fraction of sp³-hybridized carbons (Fsp3) is 0. The van der Waals surface area contributed by atoms with E-state index in [0.29, 0.717) is 5.02 Å². The normalized spacial score (nSPS) is 10.8. The lowest BCUT2D eigenvalue weighted by atomic mass is 10.2. The van der Waals surface area contributed by atoms with Gasteiger partial charge in [0.25, 0.3) is 5.69 Å². The molecule has 0 aliphatic carbocycles. The van der Waals surface area contributed by atoms with Crippen molar-refractivity contribution in [1.82, 2.24) is 4.57 Å². The number of rotatable bonds is 2. The number of nitrogens with zero attached hydrogens (tertiary/aromatic N) is 2. The van der Waals surface area contributed by atoms with Crippen LogP contribution in [-0.4, -0.2) is 9.49 Å². The van der Waals surface area contributed by atoms with Gasteiger partial charge in [0.1, 0.15) is 0 Å². The predicted octanol–water partition coefficient (Wildman–Crippen LogP) is 4.19. The summed E-state index contributed by atoms with van der Waals surface area (Å²) in [7, 11) is 0. The Labute approximate surface area is 114 Å². The Morgan fingerprint density at radius 3 is 2.37 bits per heavy atom. The second kappa shape index (κ2) is 4.40. The first-order valence-electron chi connectivity index (χ1n) is 5.65. The number of hydrogen-bond donors (Lipinski definition) is 0. The summed E-state index contributed by atoms with van der Waals surface area (Å²) >= 11 is 5.85. The molecule has 1 heterocycles. The van der Waals surface area contributed by atoms with Gasteiger partial charge in [-0.15, -0.1) is 0 Å². The summed E-state index contributed by atoms with van der Waals surface area (Å²) in [6.45, 7) is 0. The van der Waals surface area contributed by atoms with E-state index in [1.807, 2.05) is 41.2 Å². The fourth-order valence-corrected chi connectivity index (χ4v) is 2.13. The smallest absolute Gasteiger partial charge is 0.270 e. The van der Waals surface area contributed by atoms with Crippen LogP contribution in [0.2, 0.25) is 5.02 Å². The Kier molecular flexibility index (Phi) is 2.72. The van der Waals surface area contributed by atoms with Crippen molar-refractivity contribution in [1.29, 1.82) is 0 Å². The average Bonchev–Trinajstić information content (AvgIpc) is 2.82. The van der Waals surface area contributed by atoms with Gasteiger partial charge in [-0.05, 0) is 30.3 Å². The molecule has 0 atom stereocenters. The molecule has 3 aromatic rings. The highest BCUT2D eigenvalue weighted by atomic mass is 35.5. The van der Waals surface area contributed by atoms with Gasteiger partial charge < -0.3 is 4.57 Å². The average molecular weight is 273 g/mol. The molecule has 0 radical (unpaired) electrons. The maximum Gasteiger partial charge on any atom is 0.270 e. The van der Waals surface area contributed by atoms with Crippen LogP contribution in [0.4, 0.5) is 5.69 Å². The van der Waals surface area contributed by atoms with Crippen molar-refractivity contribution in [3.63, 3.8) is 0 Å². The predicted molar refractivity (Wildman–Crippen MR) is 74.9 cm³/mol. The van der Waals surface area contributed by atoms with E-state index >= 15 is 0 Å². The Morgan fingerprint density at radius 1 is 1.00 bits per heavy atom. The van der Waals surface area contributed by atoms with Crippen molar-refractivity contribution in [2.75, 3.05) is 0 Å². The minimum atomic E-state index is -0.390. The van der Waals surface area contributed by atoms with Gasteiger partial charge >= 0.3 is 0 Å². The van der Waals surface area contributed by atoms with E-state index in [-0.39, 0.29) is 10.6 Å². The van der Waals surface area contributed by atoms with E-state index in [1.54, 1.807) is 12.1 Å². The molecule has 0 aliphatic rings. The molecule has 3 rings (SSSR count). The van der Waals surface area contributed by atoms with E-state index in [4.69, 9.17) is 11.6 Å². The third-order valence-corrected chi connectivity index (χ3v) is 3.21. The summed E-state index contributed by atoms with van der Waals surface area (Å²) in [6.07, 6.45) is 3.80. The van der Waals surface area contributed by atoms with Crippen LogP contribution in [0.5, 0.6) is 0 Å². The van der Waals surface area contributed by atoms with Gasteiger partial charge in [0.15, 0.2) is 0 Å². The van der Waals surface area contributed by atoms with Crippen LogP contribution in [0.15, 0.2) is 54.9 Å².